The molecule has 1 heterocycles. The Balaban J connectivity index is 1.94. The molecular weight excluding hydrogens is 320 g/mol. The second-order valence-corrected chi connectivity index (χ2v) is 7.53. The molecule has 0 radical (unpaired) electrons. The van der Waals surface area contributed by atoms with E-state index in [0.29, 0.717) is 12.8 Å². The molecule has 3 rings (SSSR count). The number of esters is 2. The van der Waals surface area contributed by atoms with Crippen LogP contribution in [-0.2, 0) is 23.9 Å². The number of rotatable bonds is 4. The third-order valence-corrected chi connectivity index (χ3v) is 5.75. The van der Waals surface area contributed by atoms with Crippen LogP contribution < -0.4 is 0 Å². The topological polar surface area (TPSA) is 69.7 Å². The van der Waals surface area contributed by atoms with Crippen LogP contribution in [-0.4, -0.2) is 29.9 Å². The highest BCUT2D eigenvalue weighted by Crippen LogP contribution is 2.48. The standard InChI is InChI=1S/C20H26O5/c1-5-6-7-15(22)24-14-9-11(3)16-13(21)8-10(2)17(16)19-18(14)12(4)20(23)25-19/h8,12,14,17-19H,5-7,9H2,1-4H3/t12-,14-,17-,18-,19-/m1/s1. The molecule has 0 aromatic rings. The number of fused-ring (bicyclic) bond motifs is 3. The first-order chi connectivity index (χ1) is 11.8. The number of carbonyl (C=O) groups is 3. The summed E-state index contributed by atoms with van der Waals surface area (Å²) in [7, 11) is 0. The normalized spacial score (nSPS) is 34.2. The quantitative estimate of drug-likeness (QED) is 0.732. The monoisotopic (exact) mass is 346 g/mol. The van der Waals surface area contributed by atoms with Crippen LogP contribution in [0.4, 0.5) is 0 Å². The summed E-state index contributed by atoms with van der Waals surface area (Å²) in [6, 6.07) is 0. The number of ketones is 1. The summed E-state index contributed by atoms with van der Waals surface area (Å²) in [5.74, 6) is -1.27. The van der Waals surface area contributed by atoms with E-state index >= 15 is 0 Å². The molecule has 1 fully saturated rings. The molecule has 25 heavy (non-hydrogen) atoms. The third kappa shape index (κ3) is 3.05. The van der Waals surface area contributed by atoms with Crippen molar-refractivity contribution in [2.45, 2.75) is 65.6 Å². The van der Waals surface area contributed by atoms with Gasteiger partial charge in [0.25, 0.3) is 0 Å². The lowest BCUT2D eigenvalue weighted by molar-refractivity contribution is -0.153. The van der Waals surface area contributed by atoms with E-state index in [1.807, 2.05) is 27.7 Å². The zero-order chi connectivity index (χ0) is 18.3. The van der Waals surface area contributed by atoms with Gasteiger partial charge in [0.1, 0.15) is 12.2 Å². The van der Waals surface area contributed by atoms with E-state index in [0.717, 1.165) is 29.6 Å². The van der Waals surface area contributed by atoms with Gasteiger partial charge >= 0.3 is 11.9 Å². The molecule has 0 bridgehead atoms. The maximum absolute atomic E-state index is 12.4. The number of carbonyl (C=O) groups excluding carboxylic acids is 3. The summed E-state index contributed by atoms with van der Waals surface area (Å²) in [5.41, 5.74) is 2.59. The summed E-state index contributed by atoms with van der Waals surface area (Å²) in [6.07, 6.45) is 3.37. The molecule has 1 aliphatic heterocycles. The Morgan fingerprint density at radius 2 is 2.04 bits per heavy atom. The highest BCUT2D eigenvalue weighted by molar-refractivity contribution is 6.09. The summed E-state index contributed by atoms with van der Waals surface area (Å²) in [5, 5.41) is 0. The Bertz CT molecular complexity index is 672. The average molecular weight is 346 g/mol. The van der Waals surface area contributed by atoms with Gasteiger partial charge in [-0.1, -0.05) is 31.4 Å². The number of unbranched alkanes of at least 4 members (excludes halogenated alkanes) is 1. The molecule has 1 saturated heterocycles. The largest absolute Gasteiger partial charge is 0.462 e. The van der Waals surface area contributed by atoms with E-state index in [4.69, 9.17) is 9.47 Å². The maximum atomic E-state index is 12.4. The third-order valence-electron chi connectivity index (χ3n) is 5.75. The number of hydrogen-bond donors (Lipinski definition) is 0. The molecule has 0 unspecified atom stereocenters. The van der Waals surface area contributed by atoms with Crippen molar-refractivity contribution in [1.82, 2.24) is 0 Å². The van der Waals surface area contributed by atoms with Crippen LogP contribution in [0.15, 0.2) is 22.8 Å². The van der Waals surface area contributed by atoms with Crippen molar-refractivity contribution in [2.24, 2.45) is 17.8 Å². The Morgan fingerprint density at radius 3 is 2.72 bits per heavy atom. The van der Waals surface area contributed by atoms with Crippen molar-refractivity contribution in [3.05, 3.63) is 22.8 Å². The van der Waals surface area contributed by atoms with Gasteiger partial charge in [0.15, 0.2) is 5.78 Å². The van der Waals surface area contributed by atoms with Gasteiger partial charge in [0, 0.05) is 30.3 Å². The molecule has 0 amide bonds. The summed E-state index contributed by atoms with van der Waals surface area (Å²) in [6.45, 7) is 7.68. The van der Waals surface area contributed by atoms with E-state index in [-0.39, 0.29) is 35.5 Å². The van der Waals surface area contributed by atoms with E-state index in [2.05, 4.69) is 0 Å². The van der Waals surface area contributed by atoms with Gasteiger partial charge in [-0.3, -0.25) is 14.4 Å². The number of allylic oxidation sites excluding steroid dienone is 1. The summed E-state index contributed by atoms with van der Waals surface area (Å²) < 4.78 is 11.5. The molecule has 3 aliphatic rings. The van der Waals surface area contributed by atoms with Crippen molar-refractivity contribution < 1.29 is 23.9 Å². The van der Waals surface area contributed by atoms with Crippen LogP contribution in [0.25, 0.3) is 0 Å². The van der Waals surface area contributed by atoms with Gasteiger partial charge in [0.05, 0.1) is 5.92 Å². The van der Waals surface area contributed by atoms with Crippen LogP contribution in [0.3, 0.4) is 0 Å². The van der Waals surface area contributed by atoms with Gasteiger partial charge in [-0.2, -0.15) is 0 Å². The lowest BCUT2D eigenvalue weighted by Gasteiger charge is -2.29. The fourth-order valence-electron chi connectivity index (χ4n) is 4.46. The van der Waals surface area contributed by atoms with Crippen LogP contribution in [0.5, 0.6) is 0 Å². The minimum atomic E-state index is -0.429. The van der Waals surface area contributed by atoms with Gasteiger partial charge in [-0.05, 0) is 26.3 Å². The van der Waals surface area contributed by atoms with Crippen molar-refractivity contribution in [1.29, 1.82) is 0 Å². The Labute approximate surface area is 148 Å². The molecule has 5 atom stereocenters. The fourth-order valence-corrected chi connectivity index (χ4v) is 4.46. The van der Waals surface area contributed by atoms with Crippen molar-refractivity contribution in [3.63, 3.8) is 0 Å². The lowest BCUT2D eigenvalue weighted by atomic mass is 9.79. The maximum Gasteiger partial charge on any atom is 0.309 e. The lowest BCUT2D eigenvalue weighted by Crippen LogP contribution is -2.37. The Morgan fingerprint density at radius 1 is 1.32 bits per heavy atom. The molecule has 5 heteroatoms. The summed E-state index contributed by atoms with van der Waals surface area (Å²) >= 11 is 0. The van der Waals surface area contributed by atoms with Crippen LogP contribution in [0.2, 0.25) is 0 Å². The van der Waals surface area contributed by atoms with Gasteiger partial charge < -0.3 is 9.47 Å². The zero-order valence-electron chi connectivity index (χ0n) is 15.3. The molecule has 0 N–H and O–H groups in total. The molecule has 0 aromatic heterocycles. The molecular formula is C20H26O5. The fraction of sp³-hybridized carbons (Fsp3) is 0.650. The van der Waals surface area contributed by atoms with Crippen molar-refractivity contribution >= 4 is 17.7 Å². The number of ether oxygens (including phenoxy) is 2. The van der Waals surface area contributed by atoms with Crippen molar-refractivity contribution in [2.75, 3.05) is 0 Å². The van der Waals surface area contributed by atoms with E-state index < -0.39 is 12.2 Å². The first-order valence-electron chi connectivity index (χ1n) is 9.17. The van der Waals surface area contributed by atoms with Crippen LogP contribution in [0.1, 0.15) is 53.4 Å². The van der Waals surface area contributed by atoms with Gasteiger partial charge in [-0.25, -0.2) is 0 Å². The SMILES string of the molecule is CCCCC(=O)O[C@@H]1CC(C)=C2C(=O)C=C(C)[C@H]2[C@H]2OC(=O)[C@H](C)[C@@H]21. The molecule has 5 nitrogen and oxygen atoms in total. The second kappa shape index (κ2) is 6.77. The van der Waals surface area contributed by atoms with E-state index in [9.17, 15) is 14.4 Å². The van der Waals surface area contributed by atoms with E-state index in [1.165, 1.54) is 0 Å². The first kappa shape index (κ1) is 17.9. The molecule has 0 spiro atoms. The second-order valence-electron chi connectivity index (χ2n) is 7.53. The summed E-state index contributed by atoms with van der Waals surface area (Å²) in [4.78, 5) is 36.9. The minimum Gasteiger partial charge on any atom is -0.462 e. The molecule has 136 valence electrons. The highest BCUT2D eigenvalue weighted by atomic mass is 16.6. The Kier molecular flexibility index (Phi) is 4.85. The highest BCUT2D eigenvalue weighted by Gasteiger charge is 2.55. The van der Waals surface area contributed by atoms with Gasteiger partial charge in [0.2, 0.25) is 0 Å². The Hall–Kier alpha value is -1.91. The average Bonchev–Trinajstić information content (AvgIpc) is 2.95. The smallest absolute Gasteiger partial charge is 0.309 e. The zero-order valence-corrected chi connectivity index (χ0v) is 15.3. The first-order valence-corrected chi connectivity index (χ1v) is 9.17. The molecule has 0 aromatic carbocycles. The predicted octanol–water partition coefficient (Wildman–Crippen LogP) is 3.13. The number of hydrogen-bond acceptors (Lipinski definition) is 5. The molecule has 2 aliphatic carbocycles. The molecule has 0 saturated carbocycles. The minimum absolute atomic E-state index is 0.00712. The van der Waals surface area contributed by atoms with E-state index in [1.54, 1.807) is 6.08 Å². The van der Waals surface area contributed by atoms with Crippen LogP contribution >= 0.6 is 0 Å². The van der Waals surface area contributed by atoms with Gasteiger partial charge in [-0.15, -0.1) is 0 Å². The van der Waals surface area contributed by atoms with Crippen LogP contribution in [0, 0.1) is 17.8 Å². The predicted molar refractivity (Wildman–Crippen MR) is 91.5 cm³/mol. The van der Waals surface area contributed by atoms with Crippen molar-refractivity contribution in [3.8, 4) is 0 Å².